The molecule has 0 radical (unpaired) electrons. The summed E-state index contributed by atoms with van der Waals surface area (Å²) in [5.41, 5.74) is 0. The van der Waals surface area contributed by atoms with E-state index in [1.54, 1.807) is 0 Å². The van der Waals surface area contributed by atoms with Crippen molar-refractivity contribution in [2.75, 3.05) is 23.9 Å². The van der Waals surface area contributed by atoms with Gasteiger partial charge >= 0.3 is 0 Å². The first-order valence-corrected chi connectivity index (χ1v) is 7.27. The number of aryl methyl sites for hydroxylation is 1. The number of alkyl halides is 1. The summed E-state index contributed by atoms with van der Waals surface area (Å²) < 4.78 is 4.34. The molecule has 1 aromatic heterocycles. The van der Waals surface area contributed by atoms with Crippen molar-refractivity contribution < 1.29 is 0 Å². The van der Waals surface area contributed by atoms with Crippen LogP contribution in [0.3, 0.4) is 0 Å². The van der Waals surface area contributed by atoms with Gasteiger partial charge in [-0.25, -0.2) is 4.98 Å². The number of nitrogens with zero attached hydrogens (tertiary/aromatic N) is 3. The SMILES string of the molecule is CCc1nsc(N2CCCC(CCCl)C2)n1. The van der Waals surface area contributed by atoms with Crippen LogP contribution in [0.1, 0.15) is 32.0 Å². The van der Waals surface area contributed by atoms with Crippen molar-refractivity contribution in [3.05, 3.63) is 5.82 Å². The van der Waals surface area contributed by atoms with E-state index < -0.39 is 0 Å². The van der Waals surface area contributed by atoms with Gasteiger partial charge in [0.1, 0.15) is 5.82 Å². The molecule has 0 spiro atoms. The molecule has 1 saturated heterocycles. The molecule has 0 amide bonds. The summed E-state index contributed by atoms with van der Waals surface area (Å²) in [6.45, 7) is 4.32. The van der Waals surface area contributed by atoms with Gasteiger partial charge in [-0.15, -0.1) is 11.6 Å². The molecule has 3 nitrogen and oxygen atoms in total. The van der Waals surface area contributed by atoms with E-state index in [9.17, 15) is 0 Å². The van der Waals surface area contributed by atoms with Crippen molar-refractivity contribution in [2.24, 2.45) is 5.92 Å². The lowest BCUT2D eigenvalue weighted by molar-refractivity contribution is 0.406. The molecular formula is C11H18ClN3S. The topological polar surface area (TPSA) is 29.0 Å². The summed E-state index contributed by atoms with van der Waals surface area (Å²) in [6, 6.07) is 0. The molecule has 0 aliphatic carbocycles. The maximum atomic E-state index is 5.81. The fourth-order valence-electron chi connectivity index (χ4n) is 2.15. The quantitative estimate of drug-likeness (QED) is 0.779. The molecule has 1 atom stereocenters. The summed E-state index contributed by atoms with van der Waals surface area (Å²) >= 11 is 7.34. The van der Waals surface area contributed by atoms with Gasteiger partial charge in [-0.05, 0) is 25.2 Å². The molecule has 1 aliphatic rings. The van der Waals surface area contributed by atoms with Crippen molar-refractivity contribution in [1.29, 1.82) is 0 Å². The fraction of sp³-hybridized carbons (Fsp3) is 0.818. The van der Waals surface area contributed by atoms with Gasteiger partial charge in [-0.3, -0.25) is 0 Å². The Kier molecular flexibility index (Phi) is 4.41. The van der Waals surface area contributed by atoms with Crippen LogP contribution in [0.15, 0.2) is 0 Å². The van der Waals surface area contributed by atoms with Crippen LogP contribution in [0.5, 0.6) is 0 Å². The van der Waals surface area contributed by atoms with Gasteiger partial charge in [0.25, 0.3) is 0 Å². The third kappa shape index (κ3) is 2.86. The molecule has 90 valence electrons. The number of hydrogen-bond donors (Lipinski definition) is 0. The highest BCUT2D eigenvalue weighted by atomic mass is 35.5. The first-order chi connectivity index (χ1) is 7.83. The lowest BCUT2D eigenvalue weighted by Crippen LogP contribution is -2.35. The van der Waals surface area contributed by atoms with Crippen molar-refractivity contribution in [1.82, 2.24) is 9.36 Å². The van der Waals surface area contributed by atoms with Crippen LogP contribution in [-0.2, 0) is 6.42 Å². The minimum absolute atomic E-state index is 0.736. The first-order valence-electron chi connectivity index (χ1n) is 5.97. The van der Waals surface area contributed by atoms with Gasteiger partial charge < -0.3 is 4.90 Å². The predicted molar refractivity (Wildman–Crippen MR) is 69.6 cm³/mol. The Labute approximate surface area is 106 Å². The largest absolute Gasteiger partial charge is 0.347 e. The number of anilines is 1. The van der Waals surface area contributed by atoms with Crippen molar-refractivity contribution in [3.63, 3.8) is 0 Å². The monoisotopic (exact) mass is 259 g/mol. The summed E-state index contributed by atoms with van der Waals surface area (Å²) in [6.07, 6.45) is 4.61. The van der Waals surface area contributed by atoms with Crippen LogP contribution in [0, 0.1) is 5.92 Å². The first kappa shape index (κ1) is 12.1. The summed E-state index contributed by atoms with van der Waals surface area (Å²) in [4.78, 5) is 6.92. The van der Waals surface area contributed by atoms with Crippen LogP contribution >= 0.6 is 23.1 Å². The third-order valence-electron chi connectivity index (χ3n) is 3.08. The van der Waals surface area contributed by atoms with E-state index in [4.69, 9.17) is 11.6 Å². The third-order valence-corrected chi connectivity index (χ3v) is 4.11. The van der Waals surface area contributed by atoms with Crippen molar-refractivity contribution in [2.45, 2.75) is 32.6 Å². The summed E-state index contributed by atoms with van der Waals surface area (Å²) in [5.74, 6) is 2.48. The zero-order valence-corrected chi connectivity index (χ0v) is 11.2. The van der Waals surface area contributed by atoms with Crippen molar-refractivity contribution >= 4 is 28.3 Å². The Balaban J connectivity index is 1.98. The van der Waals surface area contributed by atoms with Crippen molar-refractivity contribution in [3.8, 4) is 0 Å². The Morgan fingerprint density at radius 3 is 3.12 bits per heavy atom. The highest BCUT2D eigenvalue weighted by molar-refractivity contribution is 7.09. The van der Waals surface area contributed by atoms with Gasteiger partial charge in [-0.1, -0.05) is 6.92 Å². The van der Waals surface area contributed by atoms with Gasteiger partial charge in [-0.2, -0.15) is 4.37 Å². The molecule has 2 heterocycles. The fourth-order valence-corrected chi connectivity index (χ4v) is 3.24. The minimum Gasteiger partial charge on any atom is -0.347 e. The molecule has 0 N–H and O–H groups in total. The predicted octanol–water partition coefficient (Wildman–Crippen LogP) is 2.95. The van der Waals surface area contributed by atoms with E-state index in [1.807, 2.05) is 0 Å². The minimum atomic E-state index is 0.736. The maximum Gasteiger partial charge on any atom is 0.205 e. The number of aromatic nitrogens is 2. The average molecular weight is 260 g/mol. The van der Waals surface area contributed by atoms with Crippen LogP contribution in [0.2, 0.25) is 0 Å². The molecule has 2 rings (SSSR count). The number of halogens is 1. The molecule has 16 heavy (non-hydrogen) atoms. The van der Waals surface area contributed by atoms with E-state index >= 15 is 0 Å². The number of piperidine rings is 1. The van der Waals surface area contributed by atoms with E-state index in [-0.39, 0.29) is 0 Å². The summed E-state index contributed by atoms with van der Waals surface area (Å²) in [7, 11) is 0. The molecule has 0 saturated carbocycles. The average Bonchev–Trinajstić information content (AvgIpc) is 2.78. The Bertz CT molecular complexity index is 327. The maximum absolute atomic E-state index is 5.81. The number of hydrogen-bond acceptors (Lipinski definition) is 4. The number of rotatable bonds is 4. The molecule has 1 fully saturated rings. The Morgan fingerprint density at radius 1 is 1.56 bits per heavy atom. The molecule has 1 unspecified atom stereocenters. The normalized spacial score (nSPS) is 21.4. The second-order valence-electron chi connectivity index (χ2n) is 4.28. The van der Waals surface area contributed by atoms with E-state index in [0.717, 1.165) is 48.7 Å². The standard InChI is InChI=1S/C11H18ClN3S/c1-2-10-13-11(16-14-10)15-7-3-4-9(8-15)5-6-12/h9H,2-8H2,1H3. The zero-order chi connectivity index (χ0) is 11.4. The van der Waals surface area contributed by atoms with Gasteiger partial charge in [0, 0.05) is 36.9 Å². The lowest BCUT2D eigenvalue weighted by Gasteiger charge is -2.31. The zero-order valence-electron chi connectivity index (χ0n) is 9.65. The van der Waals surface area contributed by atoms with Crippen LogP contribution in [0.4, 0.5) is 5.13 Å². The van der Waals surface area contributed by atoms with Crippen LogP contribution in [-0.4, -0.2) is 28.3 Å². The Hall–Kier alpha value is -0.350. The highest BCUT2D eigenvalue weighted by Gasteiger charge is 2.21. The molecule has 0 aromatic carbocycles. The molecule has 5 heteroatoms. The molecule has 1 aromatic rings. The second-order valence-corrected chi connectivity index (χ2v) is 5.39. The lowest BCUT2D eigenvalue weighted by atomic mass is 9.96. The highest BCUT2D eigenvalue weighted by Crippen LogP contribution is 2.26. The van der Waals surface area contributed by atoms with Gasteiger partial charge in [0.05, 0.1) is 0 Å². The second kappa shape index (κ2) is 5.82. The Morgan fingerprint density at radius 2 is 2.44 bits per heavy atom. The molecular weight excluding hydrogens is 242 g/mol. The molecule has 0 bridgehead atoms. The van der Waals surface area contributed by atoms with E-state index in [0.29, 0.717) is 0 Å². The molecule has 1 aliphatic heterocycles. The van der Waals surface area contributed by atoms with Crippen LogP contribution in [0.25, 0.3) is 0 Å². The van der Waals surface area contributed by atoms with E-state index in [2.05, 4.69) is 21.2 Å². The summed E-state index contributed by atoms with van der Waals surface area (Å²) in [5, 5.41) is 1.09. The smallest absolute Gasteiger partial charge is 0.205 e. The van der Waals surface area contributed by atoms with Crippen LogP contribution < -0.4 is 4.90 Å². The van der Waals surface area contributed by atoms with Gasteiger partial charge in [0.2, 0.25) is 5.13 Å². The van der Waals surface area contributed by atoms with Gasteiger partial charge in [0.15, 0.2) is 0 Å². The van der Waals surface area contributed by atoms with E-state index in [1.165, 1.54) is 24.4 Å².